The van der Waals surface area contributed by atoms with Crippen LogP contribution in [-0.2, 0) is 10.0 Å². The van der Waals surface area contributed by atoms with E-state index in [0.717, 1.165) is 6.54 Å². The first-order chi connectivity index (χ1) is 9.40. The van der Waals surface area contributed by atoms with E-state index in [0.29, 0.717) is 12.1 Å². The Labute approximate surface area is 132 Å². The molecular formula is C13H22ClN3O3S. The molecule has 0 fully saturated rings. The summed E-state index contributed by atoms with van der Waals surface area (Å²) in [5.74, 6) is -0.219. The summed E-state index contributed by atoms with van der Waals surface area (Å²) in [6.45, 7) is 5.34. The second kappa shape index (κ2) is 8.99. The van der Waals surface area contributed by atoms with Gasteiger partial charge in [-0.15, -0.1) is 12.4 Å². The molecular weight excluding hydrogens is 314 g/mol. The van der Waals surface area contributed by atoms with Gasteiger partial charge >= 0.3 is 0 Å². The van der Waals surface area contributed by atoms with E-state index in [2.05, 4.69) is 15.4 Å². The molecule has 8 heteroatoms. The smallest absolute Gasteiger partial charge is 0.251 e. The van der Waals surface area contributed by atoms with Gasteiger partial charge in [-0.25, -0.2) is 13.1 Å². The number of carbonyl (C=O) groups is 1. The Kier molecular flexibility index (Phi) is 8.50. The van der Waals surface area contributed by atoms with Crippen molar-refractivity contribution in [1.82, 2.24) is 15.4 Å². The molecule has 0 spiro atoms. The van der Waals surface area contributed by atoms with Gasteiger partial charge in [0.25, 0.3) is 5.91 Å². The number of nitrogens with one attached hydrogen (secondary N) is 3. The maximum atomic E-state index is 11.9. The lowest BCUT2D eigenvalue weighted by atomic mass is 10.2. The third-order valence-electron chi connectivity index (χ3n) is 2.82. The van der Waals surface area contributed by atoms with Crippen molar-refractivity contribution in [1.29, 1.82) is 0 Å². The third kappa shape index (κ3) is 6.01. The van der Waals surface area contributed by atoms with Gasteiger partial charge in [0.2, 0.25) is 10.0 Å². The number of benzene rings is 1. The third-order valence-corrected chi connectivity index (χ3v) is 4.25. The highest BCUT2D eigenvalue weighted by Gasteiger charge is 2.12. The molecule has 1 amide bonds. The number of hydrogen-bond acceptors (Lipinski definition) is 4. The number of halogens is 1. The average Bonchev–Trinajstić information content (AvgIpc) is 2.45. The van der Waals surface area contributed by atoms with Gasteiger partial charge in [-0.2, -0.15) is 0 Å². The Morgan fingerprint density at radius 1 is 1.24 bits per heavy atom. The van der Waals surface area contributed by atoms with Crippen molar-refractivity contribution < 1.29 is 13.2 Å². The topological polar surface area (TPSA) is 87.3 Å². The lowest BCUT2D eigenvalue weighted by Crippen LogP contribution is -2.38. The van der Waals surface area contributed by atoms with Gasteiger partial charge in [-0.1, -0.05) is 6.92 Å². The summed E-state index contributed by atoms with van der Waals surface area (Å²) >= 11 is 0. The summed E-state index contributed by atoms with van der Waals surface area (Å²) in [6.07, 6.45) is 0. The Hall–Kier alpha value is -1.15. The highest BCUT2D eigenvalue weighted by atomic mass is 35.5. The molecule has 0 aliphatic rings. The molecule has 0 aromatic heterocycles. The minimum atomic E-state index is -3.47. The molecule has 0 saturated carbocycles. The zero-order valence-corrected chi connectivity index (χ0v) is 14.0. The number of likely N-dealkylation sites (N-methyl/N-ethyl adjacent to an activating group) is 1. The Balaban J connectivity index is 0.00000400. The monoisotopic (exact) mass is 335 g/mol. The van der Waals surface area contributed by atoms with E-state index in [1.54, 1.807) is 0 Å². The molecule has 1 aromatic rings. The molecule has 0 radical (unpaired) electrons. The zero-order chi connectivity index (χ0) is 15.2. The molecule has 0 aliphatic heterocycles. The highest BCUT2D eigenvalue weighted by molar-refractivity contribution is 7.89. The Morgan fingerprint density at radius 2 is 1.81 bits per heavy atom. The first-order valence-corrected chi connectivity index (χ1v) is 7.94. The van der Waals surface area contributed by atoms with Crippen molar-refractivity contribution >= 4 is 28.3 Å². The number of amides is 1. The summed E-state index contributed by atoms with van der Waals surface area (Å²) in [5, 5.41) is 5.98. The fourth-order valence-corrected chi connectivity index (χ4v) is 2.40. The molecule has 0 heterocycles. The van der Waals surface area contributed by atoms with Gasteiger partial charge in [-0.3, -0.25) is 4.79 Å². The molecule has 0 bridgehead atoms. The number of rotatable bonds is 7. The fraction of sp³-hybridized carbons (Fsp3) is 0.462. The quantitative estimate of drug-likeness (QED) is 0.686. The SMILES string of the molecule is CCN[C@H](C)CNC(=O)c1ccc(S(=O)(=O)NC)cc1.Cl. The van der Waals surface area contributed by atoms with Crippen LogP contribution < -0.4 is 15.4 Å². The van der Waals surface area contributed by atoms with Crippen molar-refractivity contribution in [2.75, 3.05) is 20.1 Å². The summed E-state index contributed by atoms with van der Waals surface area (Å²) in [6, 6.07) is 6.01. The first kappa shape index (κ1) is 19.9. The van der Waals surface area contributed by atoms with Crippen molar-refractivity contribution in [2.45, 2.75) is 24.8 Å². The molecule has 21 heavy (non-hydrogen) atoms. The molecule has 1 aromatic carbocycles. The summed E-state index contributed by atoms with van der Waals surface area (Å²) in [7, 11) is -2.12. The molecule has 1 atom stereocenters. The highest BCUT2D eigenvalue weighted by Crippen LogP contribution is 2.09. The van der Waals surface area contributed by atoms with Crippen molar-refractivity contribution in [3.8, 4) is 0 Å². The van der Waals surface area contributed by atoms with Crippen molar-refractivity contribution in [2.24, 2.45) is 0 Å². The van der Waals surface area contributed by atoms with E-state index < -0.39 is 10.0 Å². The van der Waals surface area contributed by atoms with E-state index in [9.17, 15) is 13.2 Å². The fourth-order valence-electron chi connectivity index (χ4n) is 1.67. The van der Waals surface area contributed by atoms with Crippen LogP contribution >= 0.6 is 12.4 Å². The van der Waals surface area contributed by atoms with E-state index in [-0.39, 0.29) is 29.3 Å². The van der Waals surface area contributed by atoms with Crippen LogP contribution in [0.15, 0.2) is 29.2 Å². The number of sulfonamides is 1. The Morgan fingerprint density at radius 3 is 2.29 bits per heavy atom. The predicted molar refractivity (Wildman–Crippen MR) is 85.4 cm³/mol. The van der Waals surface area contributed by atoms with Crippen molar-refractivity contribution in [3.63, 3.8) is 0 Å². The van der Waals surface area contributed by atoms with Gasteiger partial charge in [0.05, 0.1) is 4.90 Å². The minimum Gasteiger partial charge on any atom is -0.350 e. The molecule has 3 N–H and O–H groups in total. The maximum absolute atomic E-state index is 11.9. The van der Waals surface area contributed by atoms with Crippen LogP contribution in [-0.4, -0.2) is 40.5 Å². The van der Waals surface area contributed by atoms with Crippen LogP contribution in [0.3, 0.4) is 0 Å². The number of hydrogen-bond donors (Lipinski definition) is 3. The first-order valence-electron chi connectivity index (χ1n) is 6.46. The van der Waals surface area contributed by atoms with Crippen molar-refractivity contribution in [3.05, 3.63) is 29.8 Å². The molecule has 120 valence electrons. The second-order valence-corrected chi connectivity index (χ2v) is 6.29. The largest absolute Gasteiger partial charge is 0.350 e. The summed E-state index contributed by atoms with van der Waals surface area (Å²) in [4.78, 5) is 12.0. The van der Waals surface area contributed by atoms with Crippen LogP contribution in [0.2, 0.25) is 0 Å². The molecule has 0 saturated heterocycles. The van der Waals surface area contributed by atoms with Gasteiger partial charge in [0.15, 0.2) is 0 Å². The maximum Gasteiger partial charge on any atom is 0.251 e. The van der Waals surface area contributed by atoms with E-state index >= 15 is 0 Å². The van der Waals surface area contributed by atoms with Gasteiger partial charge in [0.1, 0.15) is 0 Å². The van der Waals surface area contributed by atoms with Gasteiger partial charge in [-0.05, 0) is 44.8 Å². The van der Waals surface area contributed by atoms with Crippen LogP contribution in [0.25, 0.3) is 0 Å². The van der Waals surface area contributed by atoms with Crippen LogP contribution in [0.1, 0.15) is 24.2 Å². The molecule has 0 aliphatic carbocycles. The number of carbonyl (C=O) groups excluding carboxylic acids is 1. The summed E-state index contributed by atoms with van der Waals surface area (Å²) in [5.41, 5.74) is 0.434. The lowest BCUT2D eigenvalue weighted by molar-refractivity contribution is 0.0950. The van der Waals surface area contributed by atoms with Gasteiger partial charge in [0, 0.05) is 18.2 Å². The van der Waals surface area contributed by atoms with Crippen LogP contribution in [0.4, 0.5) is 0 Å². The minimum absolute atomic E-state index is 0. The predicted octanol–water partition coefficient (Wildman–Crippen LogP) is 0.744. The average molecular weight is 336 g/mol. The van der Waals surface area contributed by atoms with Crippen LogP contribution in [0.5, 0.6) is 0 Å². The Bertz CT molecular complexity index is 546. The standard InChI is InChI=1S/C13H21N3O3S.ClH/c1-4-15-10(2)9-16-13(17)11-5-7-12(8-6-11)20(18,19)14-3;/h5-8,10,14-15H,4,9H2,1-3H3,(H,16,17);1H/t10-;/m1./s1. The zero-order valence-electron chi connectivity index (χ0n) is 12.3. The van der Waals surface area contributed by atoms with Crippen LogP contribution in [0, 0.1) is 0 Å². The molecule has 6 nitrogen and oxygen atoms in total. The normalized spacial score (nSPS) is 12.3. The second-order valence-electron chi connectivity index (χ2n) is 4.40. The van der Waals surface area contributed by atoms with E-state index in [1.807, 2.05) is 13.8 Å². The lowest BCUT2D eigenvalue weighted by Gasteiger charge is -2.13. The molecule has 0 unspecified atom stereocenters. The van der Waals surface area contributed by atoms with E-state index in [1.165, 1.54) is 31.3 Å². The van der Waals surface area contributed by atoms with E-state index in [4.69, 9.17) is 0 Å². The summed E-state index contributed by atoms with van der Waals surface area (Å²) < 4.78 is 25.3. The molecule has 1 rings (SSSR count). The van der Waals surface area contributed by atoms with Gasteiger partial charge < -0.3 is 10.6 Å².